The van der Waals surface area contributed by atoms with Gasteiger partial charge < -0.3 is 19.1 Å². The summed E-state index contributed by atoms with van der Waals surface area (Å²) in [5.41, 5.74) is 1.11. The largest absolute Gasteiger partial charge is 0.454 e. The number of ether oxygens (including phenoxy) is 3. The molecule has 0 bridgehead atoms. The van der Waals surface area contributed by atoms with Gasteiger partial charge in [-0.2, -0.15) is 0 Å². The van der Waals surface area contributed by atoms with Gasteiger partial charge in [0, 0.05) is 32.5 Å². The van der Waals surface area contributed by atoms with E-state index in [1.165, 1.54) is 0 Å². The number of benzene rings is 1. The quantitative estimate of drug-likeness (QED) is 0.752. The highest BCUT2D eigenvalue weighted by Gasteiger charge is 2.14. The molecule has 1 aromatic carbocycles. The molecule has 4 nitrogen and oxygen atoms in total. The monoisotopic (exact) mass is 209 g/mol. The van der Waals surface area contributed by atoms with E-state index in [1.54, 1.807) is 7.11 Å². The first kappa shape index (κ1) is 10.1. The van der Waals surface area contributed by atoms with Crippen LogP contribution in [0.4, 0.5) is 5.69 Å². The fraction of sp³-hybridized carbons (Fsp3) is 0.455. The molecule has 0 radical (unpaired) electrons. The Labute approximate surface area is 89.4 Å². The van der Waals surface area contributed by atoms with Gasteiger partial charge in [0.15, 0.2) is 11.5 Å². The average molecular weight is 209 g/mol. The summed E-state index contributed by atoms with van der Waals surface area (Å²) >= 11 is 0. The fourth-order valence-corrected chi connectivity index (χ4v) is 1.48. The van der Waals surface area contributed by atoms with Crippen LogP contribution < -0.4 is 14.4 Å². The minimum absolute atomic E-state index is 0.320. The van der Waals surface area contributed by atoms with Gasteiger partial charge in [0.2, 0.25) is 6.79 Å². The lowest BCUT2D eigenvalue weighted by atomic mass is 10.2. The van der Waals surface area contributed by atoms with E-state index in [2.05, 4.69) is 4.90 Å². The number of nitrogens with zero attached hydrogens (tertiary/aromatic N) is 1. The van der Waals surface area contributed by atoms with Gasteiger partial charge in [0.1, 0.15) is 0 Å². The van der Waals surface area contributed by atoms with Crippen molar-refractivity contribution in [3.63, 3.8) is 0 Å². The van der Waals surface area contributed by atoms with Crippen molar-refractivity contribution in [2.45, 2.75) is 0 Å². The van der Waals surface area contributed by atoms with E-state index in [-0.39, 0.29) is 0 Å². The number of rotatable bonds is 4. The maximum absolute atomic E-state index is 5.31. The molecule has 1 heterocycles. The van der Waals surface area contributed by atoms with Crippen molar-refractivity contribution in [2.75, 3.05) is 39.0 Å². The number of likely N-dealkylation sites (N-methyl/N-ethyl adjacent to an activating group) is 1. The van der Waals surface area contributed by atoms with Crippen molar-refractivity contribution in [3.8, 4) is 11.5 Å². The summed E-state index contributed by atoms with van der Waals surface area (Å²) in [7, 11) is 3.73. The molecule has 82 valence electrons. The molecule has 0 saturated carbocycles. The van der Waals surface area contributed by atoms with Gasteiger partial charge >= 0.3 is 0 Å². The van der Waals surface area contributed by atoms with Gasteiger partial charge in [0.25, 0.3) is 0 Å². The van der Waals surface area contributed by atoms with E-state index in [0.717, 1.165) is 23.7 Å². The van der Waals surface area contributed by atoms with Gasteiger partial charge in [-0.15, -0.1) is 0 Å². The standard InChI is InChI=1S/C11H15NO3/c1-12(5-6-13-2)9-3-4-10-11(7-9)15-8-14-10/h3-4,7H,5-6,8H2,1-2H3. The average Bonchev–Trinajstić information content (AvgIpc) is 2.72. The smallest absolute Gasteiger partial charge is 0.231 e. The Morgan fingerprint density at radius 3 is 2.93 bits per heavy atom. The molecule has 1 aliphatic heterocycles. The zero-order chi connectivity index (χ0) is 10.7. The van der Waals surface area contributed by atoms with Crippen LogP contribution in [0.25, 0.3) is 0 Å². The molecule has 0 spiro atoms. The number of methoxy groups -OCH3 is 1. The summed E-state index contributed by atoms with van der Waals surface area (Å²) in [6.45, 7) is 1.89. The van der Waals surface area contributed by atoms with Gasteiger partial charge in [0.05, 0.1) is 6.61 Å². The topological polar surface area (TPSA) is 30.9 Å². The molecular weight excluding hydrogens is 194 g/mol. The van der Waals surface area contributed by atoms with E-state index in [0.29, 0.717) is 13.4 Å². The predicted octanol–water partition coefficient (Wildman–Crippen LogP) is 1.50. The van der Waals surface area contributed by atoms with Crippen LogP contribution in [0.3, 0.4) is 0 Å². The molecule has 4 heteroatoms. The zero-order valence-electron chi connectivity index (χ0n) is 9.03. The van der Waals surface area contributed by atoms with Gasteiger partial charge in [-0.3, -0.25) is 0 Å². The molecule has 0 amide bonds. The lowest BCUT2D eigenvalue weighted by molar-refractivity contribution is 0.174. The number of hydrogen-bond acceptors (Lipinski definition) is 4. The molecule has 0 unspecified atom stereocenters. The van der Waals surface area contributed by atoms with Crippen molar-refractivity contribution in [2.24, 2.45) is 0 Å². The molecule has 2 rings (SSSR count). The van der Waals surface area contributed by atoms with E-state index in [1.807, 2.05) is 25.2 Å². The first-order valence-corrected chi connectivity index (χ1v) is 4.91. The summed E-state index contributed by atoms with van der Waals surface area (Å²) in [5, 5.41) is 0. The number of hydrogen-bond donors (Lipinski definition) is 0. The normalized spacial score (nSPS) is 12.9. The Morgan fingerprint density at radius 1 is 1.33 bits per heavy atom. The molecule has 0 fully saturated rings. The van der Waals surface area contributed by atoms with Crippen LogP contribution in [0.2, 0.25) is 0 Å². The molecule has 0 N–H and O–H groups in total. The van der Waals surface area contributed by atoms with Gasteiger partial charge in [-0.05, 0) is 12.1 Å². The second-order valence-electron chi connectivity index (χ2n) is 3.45. The molecule has 0 atom stereocenters. The number of anilines is 1. The molecule has 0 saturated heterocycles. The summed E-state index contributed by atoms with van der Waals surface area (Å²) < 4.78 is 15.6. The van der Waals surface area contributed by atoms with Crippen LogP contribution in [0, 0.1) is 0 Å². The highest BCUT2D eigenvalue weighted by molar-refractivity contribution is 5.56. The fourth-order valence-electron chi connectivity index (χ4n) is 1.48. The van der Waals surface area contributed by atoms with Crippen LogP contribution in [-0.2, 0) is 4.74 Å². The van der Waals surface area contributed by atoms with E-state index in [4.69, 9.17) is 14.2 Å². The predicted molar refractivity (Wildman–Crippen MR) is 57.7 cm³/mol. The Kier molecular flexibility index (Phi) is 2.97. The summed E-state index contributed by atoms with van der Waals surface area (Å²) in [4.78, 5) is 2.12. The van der Waals surface area contributed by atoms with Crippen molar-refractivity contribution in [3.05, 3.63) is 18.2 Å². The van der Waals surface area contributed by atoms with Crippen molar-refractivity contribution >= 4 is 5.69 Å². The Bertz CT molecular complexity index is 341. The third kappa shape index (κ3) is 2.15. The Hall–Kier alpha value is -1.42. The third-order valence-corrected chi connectivity index (χ3v) is 2.43. The first-order chi connectivity index (χ1) is 7.31. The number of fused-ring (bicyclic) bond motifs is 1. The maximum atomic E-state index is 5.31. The lowest BCUT2D eigenvalue weighted by Crippen LogP contribution is -2.21. The Morgan fingerprint density at radius 2 is 2.13 bits per heavy atom. The van der Waals surface area contributed by atoms with Crippen molar-refractivity contribution < 1.29 is 14.2 Å². The summed E-state index contributed by atoms with van der Waals surface area (Å²) in [5.74, 6) is 1.63. The van der Waals surface area contributed by atoms with Crippen LogP contribution in [0.5, 0.6) is 11.5 Å². The van der Waals surface area contributed by atoms with E-state index < -0.39 is 0 Å². The highest BCUT2D eigenvalue weighted by Crippen LogP contribution is 2.35. The second-order valence-corrected chi connectivity index (χ2v) is 3.45. The lowest BCUT2D eigenvalue weighted by Gasteiger charge is -2.18. The zero-order valence-corrected chi connectivity index (χ0v) is 9.03. The Balaban J connectivity index is 2.08. The molecular formula is C11H15NO3. The van der Waals surface area contributed by atoms with Crippen LogP contribution in [-0.4, -0.2) is 34.1 Å². The molecule has 0 aliphatic carbocycles. The van der Waals surface area contributed by atoms with Crippen LogP contribution >= 0.6 is 0 Å². The molecule has 15 heavy (non-hydrogen) atoms. The summed E-state index contributed by atoms with van der Waals surface area (Å²) in [6, 6.07) is 5.93. The second kappa shape index (κ2) is 4.40. The van der Waals surface area contributed by atoms with E-state index >= 15 is 0 Å². The van der Waals surface area contributed by atoms with Crippen molar-refractivity contribution in [1.29, 1.82) is 0 Å². The van der Waals surface area contributed by atoms with Crippen LogP contribution in [0.1, 0.15) is 0 Å². The van der Waals surface area contributed by atoms with E-state index in [9.17, 15) is 0 Å². The maximum Gasteiger partial charge on any atom is 0.231 e. The first-order valence-electron chi connectivity index (χ1n) is 4.91. The van der Waals surface area contributed by atoms with Gasteiger partial charge in [-0.1, -0.05) is 0 Å². The van der Waals surface area contributed by atoms with Crippen LogP contribution in [0.15, 0.2) is 18.2 Å². The molecule has 1 aromatic rings. The minimum atomic E-state index is 0.320. The summed E-state index contributed by atoms with van der Waals surface area (Å²) in [6.07, 6.45) is 0. The SMILES string of the molecule is COCCN(C)c1ccc2c(c1)OCO2. The molecule has 0 aromatic heterocycles. The third-order valence-electron chi connectivity index (χ3n) is 2.43. The highest BCUT2D eigenvalue weighted by atomic mass is 16.7. The minimum Gasteiger partial charge on any atom is -0.454 e. The molecule has 1 aliphatic rings. The van der Waals surface area contributed by atoms with Gasteiger partial charge in [-0.25, -0.2) is 0 Å². The van der Waals surface area contributed by atoms with Crippen molar-refractivity contribution in [1.82, 2.24) is 0 Å².